The smallest absolute Gasteiger partial charge is 0.257 e. The molecule has 4 rings (SSSR count). The molecular weight excluding hydrogens is 387 g/mol. The number of furan rings is 1. The minimum Gasteiger partial charge on any atom is -0.467 e. The van der Waals surface area contributed by atoms with Gasteiger partial charge in [0.1, 0.15) is 17.6 Å². The van der Waals surface area contributed by atoms with Crippen molar-refractivity contribution in [3.8, 4) is 0 Å². The van der Waals surface area contributed by atoms with Gasteiger partial charge in [-0.1, -0.05) is 17.7 Å². The summed E-state index contributed by atoms with van der Waals surface area (Å²) in [6.45, 7) is 1.92. The van der Waals surface area contributed by atoms with Gasteiger partial charge >= 0.3 is 0 Å². The Bertz CT molecular complexity index is 1080. The van der Waals surface area contributed by atoms with Gasteiger partial charge in [-0.15, -0.1) is 0 Å². The first-order valence-corrected chi connectivity index (χ1v) is 9.46. The second kappa shape index (κ2) is 7.94. The fourth-order valence-corrected chi connectivity index (χ4v) is 3.48. The highest BCUT2D eigenvalue weighted by Crippen LogP contribution is 2.28. The lowest BCUT2D eigenvalue weighted by atomic mass is 10.1. The Labute approximate surface area is 172 Å². The predicted octanol–water partition coefficient (Wildman–Crippen LogP) is 3.70. The summed E-state index contributed by atoms with van der Waals surface area (Å²) in [5, 5.41) is 0. The van der Waals surface area contributed by atoms with Crippen molar-refractivity contribution in [3.63, 3.8) is 0 Å². The largest absolute Gasteiger partial charge is 0.467 e. The summed E-state index contributed by atoms with van der Waals surface area (Å²) in [6.07, 6.45) is 1.33. The third-order valence-electron chi connectivity index (χ3n) is 5.05. The Morgan fingerprint density at radius 1 is 1.10 bits per heavy atom. The van der Waals surface area contributed by atoms with Gasteiger partial charge in [-0.2, -0.15) is 0 Å². The molecule has 2 aromatic carbocycles. The summed E-state index contributed by atoms with van der Waals surface area (Å²) < 4.78 is 18.6. The van der Waals surface area contributed by atoms with Crippen molar-refractivity contribution in [2.45, 2.75) is 25.9 Å². The number of carbonyl (C=O) groups excluding carboxylic acids is 3. The van der Waals surface area contributed by atoms with Crippen molar-refractivity contribution in [1.29, 1.82) is 0 Å². The lowest BCUT2D eigenvalue weighted by Crippen LogP contribution is -2.45. The maximum atomic E-state index is 13.3. The fraction of sp³-hybridized carbons (Fsp3) is 0.174. The molecule has 3 aromatic rings. The maximum absolute atomic E-state index is 13.3. The molecule has 3 amide bonds. The third-order valence-corrected chi connectivity index (χ3v) is 5.05. The molecule has 152 valence electrons. The van der Waals surface area contributed by atoms with E-state index in [9.17, 15) is 18.8 Å². The van der Waals surface area contributed by atoms with Crippen molar-refractivity contribution < 1.29 is 23.2 Å². The van der Waals surface area contributed by atoms with Crippen LogP contribution < -0.4 is 4.90 Å². The molecule has 1 aliphatic rings. The molecule has 7 heteroatoms. The second-order valence-corrected chi connectivity index (χ2v) is 7.14. The molecule has 2 heterocycles. The van der Waals surface area contributed by atoms with Crippen LogP contribution in [0.2, 0.25) is 0 Å². The van der Waals surface area contributed by atoms with E-state index in [1.54, 1.807) is 24.3 Å². The van der Waals surface area contributed by atoms with Gasteiger partial charge in [0.05, 0.1) is 24.9 Å². The van der Waals surface area contributed by atoms with Gasteiger partial charge in [0, 0.05) is 5.56 Å². The average molecular weight is 406 g/mol. The number of carbonyl (C=O) groups is 3. The number of hydrogen-bond donors (Lipinski definition) is 0. The van der Waals surface area contributed by atoms with E-state index in [1.165, 1.54) is 35.4 Å². The second-order valence-electron chi connectivity index (χ2n) is 7.14. The number of halogens is 1. The molecule has 30 heavy (non-hydrogen) atoms. The van der Waals surface area contributed by atoms with Crippen molar-refractivity contribution >= 4 is 23.4 Å². The lowest BCUT2D eigenvalue weighted by molar-refractivity contribution is -0.122. The Morgan fingerprint density at radius 2 is 1.80 bits per heavy atom. The summed E-state index contributed by atoms with van der Waals surface area (Å²) in [5.74, 6) is -1.35. The van der Waals surface area contributed by atoms with Crippen LogP contribution in [0.1, 0.15) is 28.1 Å². The van der Waals surface area contributed by atoms with Crippen molar-refractivity contribution in [3.05, 3.63) is 89.6 Å². The van der Waals surface area contributed by atoms with E-state index in [1.807, 2.05) is 19.1 Å². The number of imide groups is 1. The van der Waals surface area contributed by atoms with E-state index in [0.717, 1.165) is 10.5 Å². The zero-order chi connectivity index (χ0) is 21.3. The van der Waals surface area contributed by atoms with Gasteiger partial charge in [-0.25, -0.2) is 9.29 Å². The van der Waals surface area contributed by atoms with Crippen LogP contribution in [0.25, 0.3) is 0 Å². The van der Waals surface area contributed by atoms with E-state index in [0.29, 0.717) is 11.4 Å². The molecule has 0 spiro atoms. The van der Waals surface area contributed by atoms with Crippen molar-refractivity contribution in [2.75, 3.05) is 4.90 Å². The Kier molecular flexibility index (Phi) is 5.18. The van der Waals surface area contributed by atoms with Crippen LogP contribution in [0.3, 0.4) is 0 Å². The van der Waals surface area contributed by atoms with Gasteiger partial charge in [-0.05, 0) is 55.5 Å². The Balaban J connectivity index is 1.67. The maximum Gasteiger partial charge on any atom is 0.257 e. The summed E-state index contributed by atoms with van der Waals surface area (Å²) in [7, 11) is 0. The topological polar surface area (TPSA) is 70.8 Å². The number of nitrogens with zero attached hydrogens (tertiary/aromatic N) is 2. The SMILES string of the molecule is Cc1ccc(N2C(=O)CC(N(Cc3ccco3)C(=O)c3ccc(F)cc3)C2=O)cc1. The van der Waals surface area contributed by atoms with E-state index in [4.69, 9.17) is 4.42 Å². The van der Waals surface area contributed by atoms with E-state index >= 15 is 0 Å². The number of aryl methyl sites for hydroxylation is 1. The minimum atomic E-state index is -0.985. The Morgan fingerprint density at radius 3 is 2.43 bits per heavy atom. The molecule has 1 saturated heterocycles. The van der Waals surface area contributed by atoms with Crippen LogP contribution in [-0.4, -0.2) is 28.7 Å². The predicted molar refractivity (Wildman–Crippen MR) is 107 cm³/mol. The normalized spacial score (nSPS) is 16.2. The van der Waals surface area contributed by atoms with Gasteiger partial charge in [-0.3, -0.25) is 14.4 Å². The first-order valence-electron chi connectivity index (χ1n) is 9.46. The number of amides is 3. The highest BCUT2D eigenvalue weighted by molar-refractivity contribution is 6.23. The molecule has 1 aliphatic heterocycles. The van der Waals surface area contributed by atoms with Crippen LogP contribution in [0, 0.1) is 12.7 Å². The molecule has 1 aromatic heterocycles. The molecule has 0 aliphatic carbocycles. The first-order chi connectivity index (χ1) is 14.4. The van der Waals surface area contributed by atoms with E-state index < -0.39 is 23.7 Å². The van der Waals surface area contributed by atoms with Gasteiger partial charge in [0.25, 0.3) is 11.8 Å². The summed E-state index contributed by atoms with van der Waals surface area (Å²) in [4.78, 5) is 41.5. The zero-order valence-electron chi connectivity index (χ0n) is 16.2. The average Bonchev–Trinajstić information content (AvgIpc) is 3.35. The molecule has 1 fully saturated rings. The van der Waals surface area contributed by atoms with Crippen molar-refractivity contribution in [2.24, 2.45) is 0 Å². The van der Waals surface area contributed by atoms with Crippen LogP contribution in [0.5, 0.6) is 0 Å². The number of rotatable bonds is 5. The number of hydrogen-bond acceptors (Lipinski definition) is 4. The number of anilines is 1. The van der Waals surface area contributed by atoms with Gasteiger partial charge in [0.15, 0.2) is 0 Å². The molecule has 6 nitrogen and oxygen atoms in total. The quantitative estimate of drug-likeness (QED) is 0.606. The van der Waals surface area contributed by atoms with E-state index in [-0.39, 0.29) is 24.4 Å². The van der Waals surface area contributed by atoms with Crippen LogP contribution in [-0.2, 0) is 16.1 Å². The summed E-state index contributed by atoms with van der Waals surface area (Å²) in [6, 6.07) is 14.5. The molecule has 0 saturated carbocycles. The van der Waals surface area contributed by atoms with Crippen LogP contribution >= 0.6 is 0 Å². The number of benzene rings is 2. The molecule has 1 unspecified atom stereocenters. The standard InChI is InChI=1S/C23H19FN2O4/c1-15-4-10-18(11-5-15)26-21(27)13-20(23(26)29)25(14-19-3-2-12-30-19)22(28)16-6-8-17(24)9-7-16/h2-12,20H,13-14H2,1H3. The first kappa shape index (κ1) is 19.6. The molecule has 0 radical (unpaired) electrons. The highest BCUT2D eigenvalue weighted by Gasteiger charge is 2.44. The summed E-state index contributed by atoms with van der Waals surface area (Å²) >= 11 is 0. The van der Waals surface area contributed by atoms with Gasteiger partial charge in [0.2, 0.25) is 5.91 Å². The monoisotopic (exact) mass is 406 g/mol. The lowest BCUT2D eigenvalue weighted by Gasteiger charge is -2.27. The van der Waals surface area contributed by atoms with Crippen LogP contribution in [0.15, 0.2) is 71.3 Å². The highest BCUT2D eigenvalue weighted by atomic mass is 19.1. The third kappa shape index (κ3) is 3.74. The molecule has 1 atom stereocenters. The molecule has 0 N–H and O–H groups in total. The minimum absolute atomic E-state index is 0.00857. The molecular formula is C23H19FN2O4. The fourth-order valence-electron chi connectivity index (χ4n) is 3.48. The summed E-state index contributed by atoms with van der Waals surface area (Å²) in [5.41, 5.74) is 1.68. The molecule has 0 bridgehead atoms. The van der Waals surface area contributed by atoms with Crippen LogP contribution in [0.4, 0.5) is 10.1 Å². The van der Waals surface area contributed by atoms with Gasteiger partial charge < -0.3 is 9.32 Å². The van der Waals surface area contributed by atoms with Crippen molar-refractivity contribution in [1.82, 2.24) is 4.90 Å². The van der Waals surface area contributed by atoms with E-state index in [2.05, 4.69) is 0 Å². The Hall–Kier alpha value is -3.74. The zero-order valence-corrected chi connectivity index (χ0v) is 16.2.